The molecule has 0 spiro atoms. The standard InChI is InChI=1S/C16H16N4O3S2/c1-21-11-8-13(23-3)12(22-2)7-10(11)9-17-20-15(18-19-16(20)24)14-5-4-6-25-14/h4-9H,1-3H3,(H,19,24)/b17-9+. The Balaban J connectivity index is 2.03. The summed E-state index contributed by atoms with van der Waals surface area (Å²) < 4.78 is 18.0. The monoisotopic (exact) mass is 376 g/mol. The third-order valence-electron chi connectivity index (χ3n) is 3.44. The molecule has 0 radical (unpaired) electrons. The van der Waals surface area contributed by atoms with E-state index in [-0.39, 0.29) is 0 Å². The molecule has 0 saturated carbocycles. The number of aromatic nitrogens is 3. The Kier molecular flexibility index (Phi) is 5.15. The Morgan fingerprint density at radius 1 is 1.16 bits per heavy atom. The number of nitrogens with zero attached hydrogens (tertiary/aromatic N) is 3. The van der Waals surface area contributed by atoms with E-state index in [0.717, 1.165) is 10.4 Å². The van der Waals surface area contributed by atoms with Gasteiger partial charge in [0.25, 0.3) is 0 Å². The molecule has 1 N–H and O–H groups in total. The van der Waals surface area contributed by atoms with Crippen LogP contribution in [0.1, 0.15) is 5.56 Å². The Morgan fingerprint density at radius 3 is 2.52 bits per heavy atom. The molecule has 0 aliphatic heterocycles. The first-order valence-electron chi connectivity index (χ1n) is 7.23. The zero-order chi connectivity index (χ0) is 17.8. The Hall–Kier alpha value is -2.65. The smallest absolute Gasteiger partial charge is 0.216 e. The molecule has 0 atom stereocenters. The van der Waals surface area contributed by atoms with Crippen molar-refractivity contribution < 1.29 is 14.2 Å². The summed E-state index contributed by atoms with van der Waals surface area (Å²) in [6.45, 7) is 0. The summed E-state index contributed by atoms with van der Waals surface area (Å²) in [4.78, 5) is 0.962. The third-order valence-corrected chi connectivity index (χ3v) is 4.57. The summed E-state index contributed by atoms with van der Waals surface area (Å²) in [5.74, 6) is 2.42. The van der Waals surface area contributed by atoms with E-state index < -0.39 is 0 Å². The third kappa shape index (κ3) is 3.42. The topological polar surface area (TPSA) is 73.7 Å². The lowest BCUT2D eigenvalue weighted by molar-refractivity contribution is 0.349. The Morgan fingerprint density at radius 2 is 1.88 bits per heavy atom. The summed E-state index contributed by atoms with van der Waals surface area (Å²) in [6, 6.07) is 7.44. The number of rotatable bonds is 6. The molecule has 1 aromatic carbocycles. The van der Waals surface area contributed by atoms with Crippen LogP contribution >= 0.6 is 23.6 Å². The number of aromatic amines is 1. The molecule has 0 aliphatic rings. The number of thiophene rings is 1. The summed E-state index contributed by atoms with van der Waals surface area (Å²) in [5.41, 5.74) is 0.723. The first kappa shape index (κ1) is 17.2. The molecular weight excluding hydrogens is 360 g/mol. The van der Waals surface area contributed by atoms with Gasteiger partial charge in [-0.1, -0.05) is 6.07 Å². The van der Waals surface area contributed by atoms with Gasteiger partial charge in [-0.2, -0.15) is 14.9 Å². The molecule has 0 saturated heterocycles. The summed E-state index contributed by atoms with van der Waals surface area (Å²) in [6.07, 6.45) is 1.64. The molecule has 3 rings (SSSR count). The summed E-state index contributed by atoms with van der Waals surface area (Å²) in [7, 11) is 4.73. The molecule has 0 bridgehead atoms. The highest BCUT2D eigenvalue weighted by Crippen LogP contribution is 2.34. The molecule has 25 heavy (non-hydrogen) atoms. The molecule has 2 heterocycles. The molecular formula is C16H16N4O3S2. The van der Waals surface area contributed by atoms with Crippen LogP contribution in [0.15, 0.2) is 34.7 Å². The first-order chi connectivity index (χ1) is 12.2. The number of nitrogens with one attached hydrogen (secondary N) is 1. The van der Waals surface area contributed by atoms with Crippen LogP contribution in [0.5, 0.6) is 17.2 Å². The molecule has 0 fully saturated rings. The van der Waals surface area contributed by atoms with Crippen molar-refractivity contribution in [3.05, 3.63) is 40.0 Å². The fourth-order valence-corrected chi connectivity index (χ4v) is 3.12. The highest BCUT2D eigenvalue weighted by atomic mass is 32.1. The van der Waals surface area contributed by atoms with Gasteiger partial charge in [-0.25, -0.2) is 5.10 Å². The molecule has 7 nitrogen and oxygen atoms in total. The van der Waals surface area contributed by atoms with Crippen LogP contribution in [-0.4, -0.2) is 42.4 Å². The average molecular weight is 376 g/mol. The number of hydrogen-bond acceptors (Lipinski definition) is 7. The van der Waals surface area contributed by atoms with Crippen molar-refractivity contribution in [2.45, 2.75) is 0 Å². The van der Waals surface area contributed by atoms with E-state index >= 15 is 0 Å². The van der Waals surface area contributed by atoms with E-state index in [2.05, 4.69) is 15.3 Å². The lowest BCUT2D eigenvalue weighted by atomic mass is 10.2. The van der Waals surface area contributed by atoms with Crippen LogP contribution in [-0.2, 0) is 0 Å². The predicted octanol–water partition coefficient (Wildman–Crippen LogP) is 3.58. The lowest BCUT2D eigenvalue weighted by Gasteiger charge is -2.11. The van der Waals surface area contributed by atoms with Gasteiger partial charge in [0, 0.05) is 11.6 Å². The minimum absolute atomic E-state index is 0.402. The van der Waals surface area contributed by atoms with Crippen LogP contribution in [0.2, 0.25) is 0 Å². The van der Waals surface area contributed by atoms with Crippen molar-refractivity contribution >= 4 is 29.8 Å². The van der Waals surface area contributed by atoms with E-state index in [4.69, 9.17) is 26.4 Å². The van der Waals surface area contributed by atoms with Gasteiger partial charge in [0.15, 0.2) is 17.3 Å². The van der Waals surface area contributed by atoms with Crippen LogP contribution in [0.25, 0.3) is 10.7 Å². The van der Waals surface area contributed by atoms with Crippen LogP contribution in [0.4, 0.5) is 0 Å². The van der Waals surface area contributed by atoms with Crippen molar-refractivity contribution in [3.8, 4) is 28.0 Å². The quantitative estimate of drug-likeness (QED) is 0.526. The van der Waals surface area contributed by atoms with E-state index in [0.29, 0.717) is 27.8 Å². The van der Waals surface area contributed by atoms with Gasteiger partial charge in [0.05, 0.1) is 32.4 Å². The minimum Gasteiger partial charge on any atom is -0.496 e. The maximum absolute atomic E-state index is 5.41. The normalized spacial score (nSPS) is 11.0. The zero-order valence-electron chi connectivity index (χ0n) is 13.8. The summed E-state index contributed by atoms with van der Waals surface area (Å²) in [5, 5.41) is 13.4. The molecule has 0 amide bonds. The highest BCUT2D eigenvalue weighted by molar-refractivity contribution is 7.71. The fraction of sp³-hybridized carbons (Fsp3) is 0.188. The largest absolute Gasteiger partial charge is 0.496 e. The maximum Gasteiger partial charge on any atom is 0.216 e. The fourth-order valence-electron chi connectivity index (χ4n) is 2.24. The van der Waals surface area contributed by atoms with Gasteiger partial charge < -0.3 is 14.2 Å². The molecule has 3 aromatic rings. The number of H-pyrrole nitrogens is 1. The van der Waals surface area contributed by atoms with E-state index in [1.807, 2.05) is 17.5 Å². The molecule has 130 valence electrons. The average Bonchev–Trinajstić information content (AvgIpc) is 3.28. The Bertz CT molecular complexity index is 945. The van der Waals surface area contributed by atoms with Crippen molar-refractivity contribution in [2.24, 2.45) is 5.10 Å². The van der Waals surface area contributed by atoms with Gasteiger partial charge in [0.2, 0.25) is 4.77 Å². The van der Waals surface area contributed by atoms with Crippen molar-refractivity contribution in [1.82, 2.24) is 14.9 Å². The number of hydrogen-bond donors (Lipinski definition) is 1. The number of ether oxygens (including phenoxy) is 3. The van der Waals surface area contributed by atoms with Gasteiger partial charge in [-0.05, 0) is 29.7 Å². The lowest BCUT2D eigenvalue weighted by Crippen LogP contribution is -1.98. The SMILES string of the molecule is COc1cc(OC)c(OC)cc1/C=N/n1c(-c2cccs2)n[nH]c1=S. The highest BCUT2D eigenvalue weighted by Gasteiger charge is 2.12. The van der Waals surface area contributed by atoms with Crippen LogP contribution < -0.4 is 14.2 Å². The molecule has 0 aliphatic carbocycles. The predicted molar refractivity (Wildman–Crippen MR) is 99.8 cm³/mol. The maximum atomic E-state index is 5.41. The minimum atomic E-state index is 0.402. The molecule has 0 unspecified atom stereocenters. The zero-order valence-corrected chi connectivity index (χ0v) is 15.5. The van der Waals surface area contributed by atoms with Gasteiger partial charge >= 0.3 is 0 Å². The van der Waals surface area contributed by atoms with Crippen molar-refractivity contribution in [2.75, 3.05) is 21.3 Å². The summed E-state index contributed by atoms with van der Waals surface area (Å²) >= 11 is 6.83. The first-order valence-corrected chi connectivity index (χ1v) is 8.52. The molecule has 9 heteroatoms. The second-order valence-electron chi connectivity index (χ2n) is 4.84. The molecule has 2 aromatic heterocycles. The second-order valence-corrected chi connectivity index (χ2v) is 6.17. The van der Waals surface area contributed by atoms with E-state index in [1.54, 1.807) is 55.7 Å². The van der Waals surface area contributed by atoms with Gasteiger partial charge in [0.1, 0.15) is 5.75 Å². The van der Waals surface area contributed by atoms with Crippen LogP contribution in [0, 0.1) is 4.77 Å². The van der Waals surface area contributed by atoms with E-state index in [1.165, 1.54) is 0 Å². The van der Waals surface area contributed by atoms with Crippen molar-refractivity contribution in [3.63, 3.8) is 0 Å². The second kappa shape index (κ2) is 7.49. The van der Waals surface area contributed by atoms with Gasteiger partial charge in [-0.15, -0.1) is 11.3 Å². The van der Waals surface area contributed by atoms with Crippen molar-refractivity contribution in [1.29, 1.82) is 0 Å². The van der Waals surface area contributed by atoms with Gasteiger partial charge in [-0.3, -0.25) is 0 Å². The van der Waals surface area contributed by atoms with Crippen LogP contribution in [0.3, 0.4) is 0 Å². The Labute approximate surface area is 153 Å². The number of benzene rings is 1. The number of methoxy groups -OCH3 is 3. The van der Waals surface area contributed by atoms with E-state index in [9.17, 15) is 0 Å².